The number of nitrogens with zero attached hydrogens (tertiary/aromatic N) is 4. The van der Waals surface area contributed by atoms with Gasteiger partial charge in [-0.2, -0.15) is 0 Å². The number of hydrogen-bond acceptors (Lipinski definition) is 5. The van der Waals surface area contributed by atoms with Gasteiger partial charge in [-0.1, -0.05) is 29.8 Å². The van der Waals surface area contributed by atoms with Gasteiger partial charge in [-0.05, 0) is 54.1 Å². The second-order valence-electron chi connectivity index (χ2n) is 8.81. The van der Waals surface area contributed by atoms with Crippen LogP contribution in [0.5, 0.6) is 0 Å². The molecular formula is C28H21ClF3N5O2. The number of benzene rings is 3. The minimum absolute atomic E-state index is 0.0439. The van der Waals surface area contributed by atoms with Crippen LogP contribution in [-0.4, -0.2) is 25.6 Å². The highest BCUT2D eigenvalue weighted by Crippen LogP contribution is 2.28. The summed E-state index contributed by atoms with van der Waals surface area (Å²) in [7, 11) is 0. The van der Waals surface area contributed by atoms with Crippen LogP contribution in [0.15, 0.2) is 83.5 Å². The number of aromatic nitrogens is 3. The second kappa shape index (κ2) is 11.0. The van der Waals surface area contributed by atoms with E-state index in [1.54, 1.807) is 22.8 Å². The van der Waals surface area contributed by atoms with Gasteiger partial charge in [0.25, 0.3) is 5.91 Å². The molecule has 0 bridgehead atoms. The van der Waals surface area contributed by atoms with E-state index in [0.717, 1.165) is 17.7 Å². The Morgan fingerprint density at radius 2 is 1.74 bits per heavy atom. The minimum Gasteiger partial charge on any atom is -0.451 e. The summed E-state index contributed by atoms with van der Waals surface area (Å²) in [4.78, 5) is 14.9. The van der Waals surface area contributed by atoms with Crippen molar-refractivity contribution in [2.45, 2.75) is 19.6 Å². The van der Waals surface area contributed by atoms with Crippen molar-refractivity contribution in [3.8, 4) is 11.3 Å². The Kier molecular flexibility index (Phi) is 7.38. The van der Waals surface area contributed by atoms with Crippen LogP contribution in [0.4, 0.5) is 18.9 Å². The molecule has 3 aromatic carbocycles. The van der Waals surface area contributed by atoms with Gasteiger partial charge in [-0.3, -0.25) is 4.79 Å². The summed E-state index contributed by atoms with van der Waals surface area (Å²) in [6.45, 7) is 0.160. The summed E-state index contributed by atoms with van der Waals surface area (Å²) in [6.07, 6.45) is 1.52. The SMILES string of the molecule is Nc1ccc(Cn2cnnc2CN(Cc2ccc(F)cc2F)C(=O)c2ccc(-c3ccc(F)c(Cl)c3)o2)cc1. The van der Waals surface area contributed by atoms with Gasteiger partial charge < -0.3 is 19.6 Å². The molecule has 198 valence electrons. The lowest BCUT2D eigenvalue weighted by Gasteiger charge is -2.22. The van der Waals surface area contributed by atoms with Crippen LogP contribution in [0, 0.1) is 17.5 Å². The molecule has 0 radical (unpaired) electrons. The number of anilines is 1. The Bertz CT molecular complexity index is 1630. The average Bonchev–Trinajstić information content (AvgIpc) is 3.58. The normalized spacial score (nSPS) is 11.1. The first-order valence-electron chi connectivity index (χ1n) is 11.8. The molecule has 0 atom stereocenters. The van der Waals surface area contributed by atoms with E-state index < -0.39 is 23.4 Å². The lowest BCUT2D eigenvalue weighted by molar-refractivity contribution is 0.0690. The molecule has 1 amide bonds. The molecule has 0 spiro atoms. The molecule has 0 unspecified atom stereocenters. The predicted octanol–water partition coefficient (Wildman–Crippen LogP) is 6.08. The van der Waals surface area contributed by atoms with Crippen LogP contribution in [0.2, 0.25) is 5.02 Å². The fraction of sp³-hybridized carbons (Fsp3) is 0.107. The number of rotatable bonds is 8. The van der Waals surface area contributed by atoms with Gasteiger partial charge in [-0.25, -0.2) is 13.2 Å². The molecule has 0 fully saturated rings. The predicted molar refractivity (Wildman–Crippen MR) is 139 cm³/mol. The Balaban J connectivity index is 1.44. The number of carbonyl (C=O) groups excluding carboxylic acids is 1. The van der Waals surface area contributed by atoms with Crippen molar-refractivity contribution < 1.29 is 22.4 Å². The third-order valence-electron chi connectivity index (χ3n) is 6.05. The van der Waals surface area contributed by atoms with Gasteiger partial charge >= 0.3 is 0 Å². The fourth-order valence-corrected chi connectivity index (χ4v) is 4.17. The Morgan fingerprint density at radius 1 is 0.949 bits per heavy atom. The summed E-state index contributed by atoms with van der Waals surface area (Å²) in [5.41, 5.74) is 7.90. The number of nitrogen functional groups attached to an aromatic ring is 1. The number of furan rings is 1. The highest BCUT2D eigenvalue weighted by molar-refractivity contribution is 6.31. The molecule has 2 heterocycles. The van der Waals surface area contributed by atoms with E-state index in [4.69, 9.17) is 21.8 Å². The first kappa shape index (κ1) is 26.1. The highest BCUT2D eigenvalue weighted by atomic mass is 35.5. The quantitative estimate of drug-likeness (QED) is 0.236. The Morgan fingerprint density at radius 3 is 2.49 bits per heavy atom. The zero-order valence-corrected chi connectivity index (χ0v) is 21.1. The summed E-state index contributed by atoms with van der Waals surface area (Å²) in [6, 6.07) is 17.5. The minimum atomic E-state index is -0.794. The standard InChI is InChI=1S/C28H21ClF3N5O2/c29-22-11-18(4-8-23(22)31)25-9-10-26(39-25)28(38)36(14-19-3-5-20(30)12-24(19)32)15-27-35-34-16-37(27)13-17-1-6-21(33)7-2-17/h1-12,16H,13-15,33H2. The largest absolute Gasteiger partial charge is 0.451 e. The number of nitrogens with two attached hydrogens (primary N) is 1. The first-order valence-corrected chi connectivity index (χ1v) is 12.1. The van der Waals surface area contributed by atoms with Crippen LogP contribution >= 0.6 is 11.6 Å². The van der Waals surface area contributed by atoms with Crippen molar-refractivity contribution in [3.63, 3.8) is 0 Å². The van der Waals surface area contributed by atoms with E-state index in [1.807, 2.05) is 12.1 Å². The van der Waals surface area contributed by atoms with Crippen molar-refractivity contribution in [3.05, 3.63) is 124 Å². The molecule has 2 N–H and O–H groups in total. The molecule has 0 saturated heterocycles. The van der Waals surface area contributed by atoms with Crippen molar-refractivity contribution in [1.82, 2.24) is 19.7 Å². The molecular weight excluding hydrogens is 531 g/mol. The van der Waals surface area contributed by atoms with Crippen LogP contribution in [0.3, 0.4) is 0 Å². The number of halogens is 4. The monoisotopic (exact) mass is 551 g/mol. The lowest BCUT2D eigenvalue weighted by Crippen LogP contribution is -2.31. The van der Waals surface area contributed by atoms with E-state index in [9.17, 15) is 18.0 Å². The van der Waals surface area contributed by atoms with E-state index in [2.05, 4.69) is 10.2 Å². The summed E-state index contributed by atoms with van der Waals surface area (Å²) < 4.78 is 49.2. The fourth-order valence-electron chi connectivity index (χ4n) is 3.99. The summed E-state index contributed by atoms with van der Waals surface area (Å²) in [5.74, 6) is -2.00. The van der Waals surface area contributed by atoms with Crippen LogP contribution < -0.4 is 5.73 Å². The van der Waals surface area contributed by atoms with Crippen molar-refractivity contribution in [2.24, 2.45) is 0 Å². The van der Waals surface area contributed by atoms with Gasteiger partial charge in [0.05, 0.1) is 18.1 Å². The molecule has 0 aliphatic rings. The van der Waals surface area contributed by atoms with E-state index in [-0.39, 0.29) is 29.4 Å². The van der Waals surface area contributed by atoms with Crippen molar-refractivity contribution >= 4 is 23.2 Å². The van der Waals surface area contributed by atoms with Gasteiger partial charge in [0, 0.05) is 29.4 Å². The van der Waals surface area contributed by atoms with Crippen LogP contribution in [0.1, 0.15) is 27.5 Å². The Hall–Kier alpha value is -4.57. The maximum atomic E-state index is 14.6. The van der Waals surface area contributed by atoms with Crippen molar-refractivity contribution in [2.75, 3.05) is 5.73 Å². The topological polar surface area (TPSA) is 90.2 Å². The number of hydrogen-bond donors (Lipinski definition) is 1. The van der Waals surface area contributed by atoms with Crippen LogP contribution in [-0.2, 0) is 19.6 Å². The van der Waals surface area contributed by atoms with Gasteiger partial charge in [-0.15, -0.1) is 10.2 Å². The first-order chi connectivity index (χ1) is 18.8. The molecule has 5 rings (SSSR count). The maximum absolute atomic E-state index is 14.6. The number of amides is 1. The molecule has 0 saturated carbocycles. The lowest BCUT2D eigenvalue weighted by atomic mass is 10.1. The molecule has 2 aromatic heterocycles. The van der Waals surface area contributed by atoms with Crippen LogP contribution in [0.25, 0.3) is 11.3 Å². The van der Waals surface area contributed by atoms with E-state index >= 15 is 0 Å². The molecule has 0 aliphatic heterocycles. The Labute approximate surface area is 226 Å². The average molecular weight is 552 g/mol. The summed E-state index contributed by atoms with van der Waals surface area (Å²) in [5, 5.41) is 8.04. The molecule has 7 nitrogen and oxygen atoms in total. The molecule has 5 aromatic rings. The zero-order chi connectivity index (χ0) is 27.5. The molecule has 39 heavy (non-hydrogen) atoms. The zero-order valence-electron chi connectivity index (χ0n) is 20.3. The number of carbonyl (C=O) groups is 1. The molecule has 11 heteroatoms. The third-order valence-corrected chi connectivity index (χ3v) is 6.33. The third kappa shape index (κ3) is 5.96. The maximum Gasteiger partial charge on any atom is 0.290 e. The van der Waals surface area contributed by atoms with Gasteiger partial charge in [0.1, 0.15) is 29.5 Å². The molecule has 0 aliphatic carbocycles. The van der Waals surface area contributed by atoms with Crippen molar-refractivity contribution in [1.29, 1.82) is 0 Å². The smallest absolute Gasteiger partial charge is 0.290 e. The second-order valence-corrected chi connectivity index (χ2v) is 9.21. The van der Waals surface area contributed by atoms with E-state index in [0.29, 0.717) is 29.4 Å². The van der Waals surface area contributed by atoms with Gasteiger partial charge in [0.15, 0.2) is 11.6 Å². The van der Waals surface area contributed by atoms with Gasteiger partial charge in [0.2, 0.25) is 0 Å². The summed E-state index contributed by atoms with van der Waals surface area (Å²) >= 11 is 5.88. The van der Waals surface area contributed by atoms with E-state index in [1.165, 1.54) is 41.6 Å². The highest BCUT2D eigenvalue weighted by Gasteiger charge is 2.24.